The minimum absolute atomic E-state index is 0.0918. The smallest absolute Gasteiger partial charge is 0.125 e. The third-order valence-corrected chi connectivity index (χ3v) is 5.31. The molecular weight excluding hydrogens is 279 g/mol. The lowest BCUT2D eigenvalue weighted by Gasteiger charge is -2.30. The molecule has 2 aromatic rings. The second kappa shape index (κ2) is 5.11. The van der Waals surface area contributed by atoms with Crippen molar-refractivity contribution in [1.82, 2.24) is 9.55 Å². The molecule has 2 aliphatic rings. The number of aromatic nitrogens is 2. The molecule has 2 heterocycles. The number of alkyl halides is 1. The fourth-order valence-corrected chi connectivity index (χ4v) is 4.14. The van der Waals surface area contributed by atoms with Crippen LogP contribution in [0, 0.1) is 0 Å². The number of hydrogen-bond donors (Lipinski definition) is 1. The van der Waals surface area contributed by atoms with Gasteiger partial charge >= 0.3 is 0 Å². The number of fused-ring (bicyclic) bond motifs is 3. The number of phenolic OH excluding ortho intramolecular Hbond substituents is 1. The predicted molar refractivity (Wildman–Crippen MR) is 83.6 cm³/mol. The van der Waals surface area contributed by atoms with Crippen molar-refractivity contribution < 1.29 is 9.50 Å². The first-order valence-electron chi connectivity index (χ1n) is 8.21. The minimum Gasteiger partial charge on any atom is -0.507 e. The number of phenols is 1. The van der Waals surface area contributed by atoms with Gasteiger partial charge in [-0.05, 0) is 37.3 Å². The number of hydrogen-bond acceptors (Lipinski definition) is 2. The van der Waals surface area contributed by atoms with Crippen molar-refractivity contribution in [3.05, 3.63) is 36.3 Å². The Morgan fingerprint density at radius 2 is 2.09 bits per heavy atom. The minimum atomic E-state index is -1.00. The zero-order valence-electron chi connectivity index (χ0n) is 12.6. The quantitative estimate of drug-likeness (QED) is 0.898. The Kier molecular flexibility index (Phi) is 3.21. The summed E-state index contributed by atoms with van der Waals surface area (Å²) in [5, 5.41) is 10.2. The Balaban J connectivity index is 1.62. The van der Waals surface area contributed by atoms with Gasteiger partial charge in [-0.2, -0.15) is 0 Å². The first-order chi connectivity index (χ1) is 10.7. The van der Waals surface area contributed by atoms with E-state index in [4.69, 9.17) is 0 Å². The van der Waals surface area contributed by atoms with Crippen LogP contribution < -0.4 is 0 Å². The van der Waals surface area contributed by atoms with Crippen molar-refractivity contribution in [2.45, 2.75) is 56.7 Å². The highest BCUT2D eigenvalue weighted by Gasteiger charge is 2.35. The van der Waals surface area contributed by atoms with E-state index in [1.807, 2.05) is 12.1 Å². The SMILES string of the molecule is Oc1cccc2c1-c1cncn1C2CCC1(F)CCCCC1. The average Bonchev–Trinajstić information content (AvgIpc) is 3.07. The maximum Gasteiger partial charge on any atom is 0.125 e. The Hall–Kier alpha value is -1.84. The molecule has 1 aliphatic carbocycles. The van der Waals surface area contributed by atoms with Gasteiger partial charge in [0.2, 0.25) is 0 Å². The third-order valence-electron chi connectivity index (χ3n) is 5.31. The maximum atomic E-state index is 14.9. The standard InChI is InChI=1S/C18H21FN2O/c19-18(8-2-1-3-9-18)10-7-14-13-5-4-6-16(22)17(13)15-11-20-12-21(14)15/h4-6,11-12,14,22H,1-3,7-10H2. The van der Waals surface area contributed by atoms with Gasteiger partial charge in [0.15, 0.2) is 0 Å². The van der Waals surface area contributed by atoms with Crippen molar-refractivity contribution in [1.29, 1.82) is 0 Å². The summed E-state index contributed by atoms with van der Waals surface area (Å²) in [6, 6.07) is 5.70. The van der Waals surface area contributed by atoms with E-state index in [1.165, 1.54) is 0 Å². The van der Waals surface area contributed by atoms with Gasteiger partial charge in [0.25, 0.3) is 0 Å². The van der Waals surface area contributed by atoms with E-state index in [2.05, 4.69) is 9.55 Å². The highest BCUT2D eigenvalue weighted by Crippen LogP contribution is 2.47. The topological polar surface area (TPSA) is 38.1 Å². The van der Waals surface area contributed by atoms with Crippen molar-refractivity contribution >= 4 is 0 Å². The lowest BCUT2D eigenvalue weighted by atomic mass is 9.82. The highest BCUT2D eigenvalue weighted by molar-refractivity contribution is 5.75. The third kappa shape index (κ3) is 2.13. The number of nitrogens with zero attached hydrogens (tertiary/aromatic N) is 2. The summed E-state index contributed by atoms with van der Waals surface area (Å²) in [6.07, 6.45) is 9.50. The Morgan fingerprint density at radius 3 is 2.91 bits per heavy atom. The van der Waals surface area contributed by atoms with E-state index < -0.39 is 5.67 Å². The summed E-state index contributed by atoms with van der Waals surface area (Å²) in [5.41, 5.74) is 1.89. The molecule has 1 aromatic carbocycles. The van der Waals surface area contributed by atoms with Crippen LogP contribution in [0.5, 0.6) is 5.75 Å². The van der Waals surface area contributed by atoms with Crippen LogP contribution >= 0.6 is 0 Å². The molecule has 1 N–H and O–H groups in total. The van der Waals surface area contributed by atoms with Gasteiger partial charge in [0.05, 0.1) is 24.3 Å². The zero-order valence-corrected chi connectivity index (χ0v) is 12.6. The average molecular weight is 300 g/mol. The normalized spacial score (nSPS) is 22.3. The summed E-state index contributed by atoms with van der Waals surface area (Å²) in [5.74, 6) is 0.286. The molecule has 1 saturated carbocycles. The first kappa shape index (κ1) is 13.8. The Labute approximate surface area is 129 Å². The van der Waals surface area contributed by atoms with Crippen LogP contribution in [0.4, 0.5) is 4.39 Å². The molecule has 1 unspecified atom stereocenters. The van der Waals surface area contributed by atoms with Gasteiger partial charge in [0.1, 0.15) is 11.4 Å². The van der Waals surface area contributed by atoms with E-state index in [1.54, 1.807) is 18.6 Å². The molecule has 0 radical (unpaired) electrons. The second-order valence-corrected chi connectivity index (χ2v) is 6.69. The highest BCUT2D eigenvalue weighted by atomic mass is 19.1. The van der Waals surface area contributed by atoms with Crippen LogP contribution in [0.15, 0.2) is 30.7 Å². The molecule has 1 aromatic heterocycles. The van der Waals surface area contributed by atoms with Crippen LogP contribution in [0.25, 0.3) is 11.3 Å². The second-order valence-electron chi connectivity index (χ2n) is 6.69. The fraction of sp³-hybridized carbons (Fsp3) is 0.500. The zero-order chi connectivity index (χ0) is 15.2. The van der Waals surface area contributed by atoms with E-state index >= 15 is 0 Å². The summed E-state index contributed by atoms with van der Waals surface area (Å²) >= 11 is 0. The van der Waals surface area contributed by atoms with Gasteiger partial charge < -0.3 is 9.67 Å². The van der Waals surface area contributed by atoms with E-state index in [0.717, 1.165) is 42.5 Å². The van der Waals surface area contributed by atoms with Crippen LogP contribution in [0.1, 0.15) is 56.6 Å². The predicted octanol–water partition coefficient (Wildman–Crippen LogP) is 4.61. The molecule has 1 fully saturated rings. The summed E-state index contributed by atoms with van der Waals surface area (Å²) < 4.78 is 17.0. The number of halogens is 1. The van der Waals surface area contributed by atoms with Gasteiger partial charge in [0, 0.05) is 5.56 Å². The molecule has 0 bridgehead atoms. The van der Waals surface area contributed by atoms with Crippen molar-refractivity contribution in [3.8, 4) is 17.0 Å². The molecule has 4 heteroatoms. The fourth-order valence-electron chi connectivity index (χ4n) is 4.14. The number of imidazole rings is 1. The summed E-state index contributed by atoms with van der Waals surface area (Å²) in [7, 11) is 0. The molecular formula is C18H21FN2O. The number of aromatic hydroxyl groups is 1. The lowest BCUT2D eigenvalue weighted by Crippen LogP contribution is -2.27. The van der Waals surface area contributed by atoms with Crippen molar-refractivity contribution in [2.75, 3.05) is 0 Å². The molecule has 0 spiro atoms. The van der Waals surface area contributed by atoms with Crippen molar-refractivity contribution in [3.63, 3.8) is 0 Å². The number of rotatable bonds is 3. The lowest BCUT2D eigenvalue weighted by molar-refractivity contribution is 0.0903. The largest absolute Gasteiger partial charge is 0.507 e. The van der Waals surface area contributed by atoms with Gasteiger partial charge in [-0.1, -0.05) is 31.4 Å². The molecule has 0 saturated heterocycles. The Morgan fingerprint density at radius 1 is 1.27 bits per heavy atom. The maximum absolute atomic E-state index is 14.9. The van der Waals surface area contributed by atoms with Crippen LogP contribution in [-0.4, -0.2) is 20.3 Å². The monoisotopic (exact) mass is 300 g/mol. The molecule has 22 heavy (non-hydrogen) atoms. The van der Waals surface area contributed by atoms with Crippen molar-refractivity contribution in [2.24, 2.45) is 0 Å². The van der Waals surface area contributed by atoms with Gasteiger partial charge in [-0.15, -0.1) is 0 Å². The van der Waals surface area contributed by atoms with Crippen LogP contribution in [-0.2, 0) is 0 Å². The molecule has 1 aliphatic heterocycles. The van der Waals surface area contributed by atoms with Gasteiger partial charge in [-0.25, -0.2) is 9.37 Å². The molecule has 116 valence electrons. The Bertz CT molecular complexity index is 688. The number of benzene rings is 1. The van der Waals surface area contributed by atoms with E-state index in [-0.39, 0.29) is 11.8 Å². The summed E-state index contributed by atoms with van der Waals surface area (Å²) in [6.45, 7) is 0. The van der Waals surface area contributed by atoms with Crippen LogP contribution in [0.2, 0.25) is 0 Å². The molecule has 4 rings (SSSR count). The summed E-state index contributed by atoms with van der Waals surface area (Å²) in [4.78, 5) is 4.20. The molecule has 3 nitrogen and oxygen atoms in total. The van der Waals surface area contributed by atoms with Crippen LogP contribution in [0.3, 0.4) is 0 Å². The van der Waals surface area contributed by atoms with Gasteiger partial charge in [-0.3, -0.25) is 0 Å². The first-order valence-corrected chi connectivity index (χ1v) is 8.21. The van der Waals surface area contributed by atoms with E-state index in [9.17, 15) is 9.50 Å². The molecule has 1 atom stereocenters. The van der Waals surface area contributed by atoms with E-state index in [0.29, 0.717) is 19.3 Å². The molecule has 0 amide bonds.